The normalized spacial score (nSPS) is 17.1. The van der Waals surface area contributed by atoms with Crippen LogP contribution in [0.3, 0.4) is 0 Å². The van der Waals surface area contributed by atoms with Crippen LogP contribution in [0.4, 0.5) is 5.82 Å². The van der Waals surface area contributed by atoms with Gasteiger partial charge in [-0.15, -0.1) is 0 Å². The Morgan fingerprint density at radius 3 is 2.58 bits per heavy atom. The summed E-state index contributed by atoms with van der Waals surface area (Å²) in [6.45, 7) is 5.11. The molecule has 2 N–H and O–H groups in total. The van der Waals surface area contributed by atoms with Gasteiger partial charge in [0.15, 0.2) is 0 Å². The number of carbonyl (C=O) groups is 2. The minimum absolute atomic E-state index is 0.0523. The first-order valence-electron chi connectivity index (χ1n) is 10.6. The Hall–Kier alpha value is -3.25. The van der Waals surface area contributed by atoms with Crippen LogP contribution in [0.1, 0.15) is 35.7 Å². The standard InChI is InChI=1S/C25H25N3O3/c1-15-3-4-19(24(30)28-25(2)13-31-14-25)10-21(15)18-8-7-17-11-22(26-12-20(17)9-18)27-23(29)16-5-6-16/h3-4,7-12,16H,5-6,13-14H2,1-2H3,(H,28,30)(H,26,27,29). The number of nitrogens with one attached hydrogen (secondary N) is 2. The molecule has 0 atom stereocenters. The van der Waals surface area contributed by atoms with Crippen molar-refractivity contribution in [2.45, 2.75) is 32.2 Å². The van der Waals surface area contributed by atoms with Gasteiger partial charge in [0.05, 0.1) is 18.8 Å². The Labute approximate surface area is 181 Å². The number of aryl methyl sites for hydroxylation is 1. The smallest absolute Gasteiger partial charge is 0.251 e. The highest BCUT2D eigenvalue weighted by molar-refractivity contribution is 5.98. The van der Waals surface area contributed by atoms with Gasteiger partial charge in [-0.1, -0.05) is 18.2 Å². The molecule has 5 rings (SSSR count). The van der Waals surface area contributed by atoms with E-state index in [0.29, 0.717) is 24.6 Å². The van der Waals surface area contributed by atoms with Gasteiger partial charge in [-0.2, -0.15) is 0 Å². The van der Waals surface area contributed by atoms with Gasteiger partial charge < -0.3 is 15.4 Å². The van der Waals surface area contributed by atoms with Crippen molar-refractivity contribution in [1.82, 2.24) is 10.3 Å². The maximum absolute atomic E-state index is 12.7. The molecule has 0 radical (unpaired) electrons. The molecule has 1 saturated carbocycles. The number of ether oxygens (including phenoxy) is 1. The second-order valence-electron chi connectivity index (χ2n) is 8.93. The van der Waals surface area contributed by atoms with Crippen molar-refractivity contribution in [3.05, 3.63) is 59.8 Å². The topological polar surface area (TPSA) is 80.3 Å². The van der Waals surface area contributed by atoms with Crippen molar-refractivity contribution >= 4 is 28.4 Å². The van der Waals surface area contributed by atoms with E-state index in [2.05, 4.69) is 21.7 Å². The number of hydrogen-bond donors (Lipinski definition) is 2. The lowest BCUT2D eigenvalue weighted by Crippen LogP contribution is -2.59. The van der Waals surface area contributed by atoms with Crippen molar-refractivity contribution < 1.29 is 14.3 Å². The van der Waals surface area contributed by atoms with Crippen molar-refractivity contribution in [2.24, 2.45) is 5.92 Å². The number of hydrogen-bond acceptors (Lipinski definition) is 4. The summed E-state index contributed by atoms with van der Waals surface area (Å²) in [5.41, 5.74) is 3.47. The highest BCUT2D eigenvalue weighted by Gasteiger charge is 2.35. The first-order valence-corrected chi connectivity index (χ1v) is 10.6. The SMILES string of the molecule is Cc1ccc(C(=O)NC2(C)COC2)cc1-c1ccc2cc(NC(=O)C3CC3)ncc2c1. The van der Waals surface area contributed by atoms with E-state index in [1.54, 1.807) is 6.20 Å². The van der Waals surface area contributed by atoms with Crippen molar-refractivity contribution in [2.75, 3.05) is 18.5 Å². The molecule has 1 aliphatic heterocycles. The number of fused-ring (bicyclic) bond motifs is 1. The lowest BCUT2D eigenvalue weighted by Gasteiger charge is -2.38. The highest BCUT2D eigenvalue weighted by atomic mass is 16.5. The summed E-state index contributed by atoms with van der Waals surface area (Å²) in [7, 11) is 0. The summed E-state index contributed by atoms with van der Waals surface area (Å²) in [6.07, 6.45) is 3.71. The average Bonchev–Trinajstić information content (AvgIpc) is 3.58. The fourth-order valence-electron chi connectivity index (χ4n) is 3.85. The molecule has 2 aromatic carbocycles. The van der Waals surface area contributed by atoms with E-state index in [9.17, 15) is 9.59 Å². The fraction of sp³-hybridized carbons (Fsp3) is 0.320. The van der Waals surface area contributed by atoms with Gasteiger partial charge in [-0.05, 0) is 73.0 Å². The van der Waals surface area contributed by atoms with Crippen LogP contribution >= 0.6 is 0 Å². The number of anilines is 1. The van der Waals surface area contributed by atoms with E-state index >= 15 is 0 Å². The van der Waals surface area contributed by atoms with Gasteiger partial charge in [0.25, 0.3) is 5.91 Å². The van der Waals surface area contributed by atoms with Crippen LogP contribution in [-0.4, -0.2) is 35.6 Å². The summed E-state index contributed by atoms with van der Waals surface area (Å²) in [6, 6.07) is 13.8. The minimum atomic E-state index is -0.288. The van der Waals surface area contributed by atoms with Gasteiger partial charge in [0, 0.05) is 23.1 Å². The third-order valence-corrected chi connectivity index (χ3v) is 5.99. The molecule has 1 saturated heterocycles. The maximum atomic E-state index is 12.7. The van der Waals surface area contributed by atoms with Gasteiger partial charge in [-0.25, -0.2) is 4.98 Å². The van der Waals surface area contributed by atoms with Crippen molar-refractivity contribution in [1.29, 1.82) is 0 Å². The molecular weight excluding hydrogens is 390 g/mol. The van der Waals surface area contributed by atoms with E-state index < -0.39 is 0 Å². The third-order valence-electron chi connectivity index (χ3n) is 5.99. The number of amides is 2. The molecule has 1 aromatic heterocycles. The number of rotatable bonds is 5. The second-order valence-corrected chi connectivity index (χ2v) is 8.93. The van der Waals surface area contributed by atoms with E-state index in [-0.39, 0.29) is 23.3 Å². The zero-order valence-electron chi connectivity index (χ0n) is 17.7. The highest BCUT2D eigenvalue weighted by Crippen LogP contribution is 2.31. The monoisotopic (exact) mass is 415 g/mol. The number of carbonyl (C=O) groups excluding carboxylic acids is 2. The molecule has 6 nitrogen and oxygen atoms in total. The molecule has 1 aliphatic carbocycles. The lowest BCUT2D eigenvalue weighted by molar-refractivity contribution is -0.117. The molecule has 0 bridgehead atoms. The Morgan fingerprint density at radius 2 is 1.87 bits per heavy atom. The van der Waals surface area contributed by atoms with E-state index in [0.717, 1.165) is 40.3 Å². The van der Waals surface area contributed by atoms with Gasteiger partial charge in [0.2, 0.25) is 5.91 Å². The van der Waals surface area contributed by atoms with Crippen molar-refractivity contribution in [3.8, 4) is 11.1 Å². The van der Waals surface area contributed by atoms with E-state index in [1.807, 2.05) is 50.2 Å². The number of pyridine rings is 1. The summed E-state index contributed by atoms with van der Waals surface area (Å²) in [5.74, 6) is 0.689. The average molecular weight is 415 g/mol. The minimum Gasteiger partial charge on any atom is -0.376 e. The van der Waals surface area contributed by atoms with Gasteiger partial charge in [0.1, 0.15) is 5.82 Å². The lowest BCUT2D eigenvalue weighted by atomic mass is 9.95. The molecule has 2 fully saturated rings. The number of aromatic nitrogens is 1. The quantitative estimate of drug-likeness (QED) is 0.658. The molecule has 3 aromatic rings. The zero-order chi connectivity index (χ0) is 21.6. The zero-order valence-corrected chi connectivity index (χ0v) is 17.7. The van der Waals surface area contributed by atoms with Crippen LogP contribution in [0.5, 0.6) is 0 Å². The van der Waals surface area contributed by atoms with Crippen LogP contribution in [-0.2, 0) is 9.53 Å². The maximum Gasteiger partial charge on any atom is 0.251 e. The first-order chi connectivity index (χ1) is 14.9. The predicted octanol–water partition coefficient (Wildman–Crippen LogP) is 4.08. The molecule has 31 heavy (non-hydrogen) atoms. The molecule has 2 heterocycles. The molecule has 0 spiro atoms. The van der Waals surface area contributed by atoms with E-state index in [1.165, 1.54) is 0 Å². The molecular formula is C25H25N3O3. The summed E-state index contributed by atoms with van der Waals surface area (Å²) >= 11 is 0. The van der Waals surface area contributed by atoms with Crippen LogP contribution in [0, 0.1) is 12.8 Å². The molecule has 6 heteroatoms. The molecule has 0 unspecified atom stereocenters. The molecule has 2 amide bonds. The Kier molecular flexibility index (Phi) is 4.74. The van der Waals surface area contributed by atoms with Crippen LogP contribution in [0.2, 0.25) is 0 Å². The van der Waals surface area contributed by atoms with Crippen molar-refractivity contribution in [3.63, 3.8) is 0 Å². The Morgan fingerprint density at radius 1 is 1.06 bits per heavy atom. The van der Waals surface area contributed by atoms with E-state index in [4.69, 9.17) is 4.74 Å². The van der Waals surface area contributed by atoms with Crippen LogP contribution in [0.25, 0.3) is 21.9 Å². The third kappa shape index (κ3) is 4.03. The number of nitrogens with zero attached hydrogens (tertiary/aromatic N) is 1. The van der Waals surface area contributed by atoms with Gasteiger partial charge >= 0.3 is 0 Å². The number of benzene rings is 2. The van der Waals surface area contributed by atoms with Crippen LogP contribution in [0.15, 0.2) is 48.7 Å². The van der Waals surface area contributed by atoms with Gasteiger partial charge in [-0.3, -0.25) is 9.59 Å². The summed E-state index contributed by atoms with van der Waals surface area (Å²) in [5, 5.41) is 7.95. The molecule has 158 valence electrons. The summed E-state index contributed by atoms with van der Waals surface area (Å²) < 4.78 is 5.23. The largest absolute Gasteiger partial charge is 0.376 e. The second kappa shape index (κ2) is 7.46. The molecule has 2 aliphatic rings. The first kappa shape index (κ1) is 19.7. The Bertz CT molecular complexity index is 1200. The Balaban J connectivity index is 1.41. The predicted molar refractivity (Wildman–Crippen MR) is 120 cm³/mol. The summed E-state index contributed by atoms with van der Waals surface area (Å²) in [4.78, 5) is 29.1. The van der Waals surface area contributed by atoms with Crippen LogP contribution < -0.4 is 10.6 Å². The fourth-order valence-corrected chi connectivity index (χ4v) is 3.85.